The monoisotopic (exact) mass is 201 g/mol. The lowest BCUT2D eigenvalue weighted by atomic mass is 10.2. The standard InChI is InChI=1S/C10H19NOS/c1-3-11-9(8-13-4-2)10-6-5-7-12-10/h6,9,11H,3-5,7-8H2,1-2H3. The Morgan fingerprint density at radius 1 is 1.62 bits per heavy atom. The predicted octanol–water partition coefficient (Wildman–Crippen LogP) is 2.02. The van der Waals surface area contributed by atoms with E-state index in [-0.39, 0.29) is 0 Å². The maximum absolute atomic E-state index is 5.55. The molecule has 0 spiro atoms. The van der Waals surface area contributed by atoms with E-state index in [0.717, 1.165) is 31.1 Å². The van der Waals surface area contributed by atoms with Gasteiger partial charge in [0.15, 0.2) is 0 Å². The molecule has 0 aromatic heterocycles. The van der Waals surface area contributed by atoms with Crippen LogP contribution in [0.5, 0.6) is 0 Å². The Hall–Kier alpha value is -0.150. The molecule has 1 aliphatic rings. The number of hydrogen-bond donors (Lipinski definition) is 1. The van der Waals surface area contributed by atoms with E-state index in [1.54, 1.807) is 0 Å². The van der Waals surface area contributed by atoms with Crippen LogP contribution in [0.15, 0.2) is 11.8 Å². The molecule has 0 bridgehead atoms. The maximum atomic E-state index is 5.55. The number of hydrogen-bond acceptors (Lipinski definition) is 3. The Kier molecular flexibility index (Phi) is 5.32. The quantitative estimate of drug-likeness (QED) is 0.710. The Bertz CT molecular complexity index is 170. The smallest absolute Gasteiger partial charge is 0.110 e. The Morgan fingerprint density at radius 2 is 2.46 bits per heavy atom. The third-order valence-electron chi connectivity index (χ3n) is 2.01. The van der Waals surface area contributed by atoms with E-state index in [9.17, 15) is 0 Å². The third-order valence-corrected chi connectivity index (χ3v) is 2.99. The zero-order valence-corrected chi connectivity index (χ0v) is 9.32. The summed E-state index contributed by atoms with van der Waals surface area (Å²) in [5, 5.41) is 3.45. The summed E-state index contributed by atoms with van der Waals surface area (Å²) in [6.45, 7) is 6.21. The van der Waals surface area contributed by atoms with Crippen molar-refractivity contribution in [3.63, 3.8) is 0 Å². The summed E-state index contributed by atoms with van der Waals surface area (Å²) >= 11 is 1.96. The number of rotatable bonds is 6. The highest BCUT2D eigenvalue weighted by Gasteiger charge is 2.17. The summed E-state index contributed by atoms with van der Waals surface area (Å²) in [7, 11) is 0. The minimum absolute atomic E-state index is 0.428. The second-order valence-electron chi connectivity index (χ2n) is 3.01. The molecule has 0 amide bonds. The van der Waals surface area contributed by atoms with Gasteiger partial charge in [-0.3, -0.25) is 0 Å². The van der Waals surface area contributed by atoms with Crippen molar-refractivity contribution >= 4 is 11.8 Å². The number of nitrogens with one attached hydrogen (secondary N) is 1. The van der Waals surface area contributed by atoms with E-state index in [2.05, 4.69) is 25.2 Å². The average molecular weight is 201 g/mol. The first-order chi connectivity index (χ1) is 6.38. The molecule has 0 saturated carbocycles. The van der Waals surface area contributed by atoms with Crippen molar-refractivity contribution in [2.24, 2.45) is 0 Å². The van der Waals surface area contributed by atoms with Crippen LogP contribution in [0, 0.1) is 0 Å². The molecule has 1 N–H and O–H groups in total. The molecule has 0 aliphatic carbocycles. The molecule has 76 valence electrons. The molecule has 0 radical (unpaired) electrons. The van der Waals surface area contributed by atoms with Gasteiger partial charge in [-0.05, 0) is 18.4 Å². The van der Waals surface area contributed by atoms with Gasteiger partial charge < -0.3 is 10.1 Å². The van der Waals surface area contributed by atoms with E-state index >= 15 is 0 Å². The van der Waals surface area contributed by atoms with E-state index in [1.165, 1.54) is 5.75 Å². The van der Waals surface area contributed by atoms with E-state index in [4.69, 9.17) is 4.74 Å². The molecule has 2 nitrogen and oxygen atoms in total. The fourth-order valence-corrected chi connectivity index (χ4v) is 2.16. The van der Waals surface area contributed by atoms with Gasteiger partial charge in [0.2, 0.25) is 0 Å². The lowest BCUT2D eigenvalue weighted by Gasteiger charge is -2.18. The van der Waals surface area contributed by atoms with Gasteiger partial charge in [0.25, 0.3) is 0 Å². The number of thioether (sulfide) groups is 1. The van der Waals surface area contributed by atoms with Crippen LogP contribution in [-0.4, -0.2) is 30.7 Å². The molecule has 3 heteroatoms. The number of ether oxygens (including phenoxy) is 1. The minimum Gasteiger partial charge on any atom is -0.496 e. The normalized spacial score (nSPS) is 18.2. The van der Waals surface area contributed by atoms with Gasteiger partial charge in [-0.1, -0.05) is 13.8 Å². The topological polar surface area (TPSA) is 21.3 Å². The van der Waals surface area contributed by atoms with Gasteiger partial charge in [-0.2, -0.15) is 11.8 Å². The lowest BCUT2D eigenvalue weighted by molar-refractivity contribution is 0.220. The molecule has 1 atom stereocenters. The molecule has 1 heterocycles. The first-order valence-corrected chi connectivity index (χ1v) is 6.18. The summed E-state index contributed by atoms with van der Waals surface area (Å²) in [5.41, 5.74) is 0. The van der Waals surface area contributed by atoms with Crippen LogP contribution < -0.4 is 5.32 Å². The molecule has 13 heavy (non-hydrogen) atoms. The molecule has 1 aliphatic heterocycles. The highest BCUT2D eigenvalue weighted by atomic mass is 32.2. The van der Waals surface area contributed by atoms with Crippen LogP contribution in [0.3, 0.4) is 0 Å². The van der Waals surface area contributed by atoms with Crippen LogP contribution in [-0.2, 0) is 4.74 Å². The van der Waals surface area contributed by atoms with Gasteiger partial charge in [0, 0.05) is 12.2 Å². The molecule has 0 aromatic rings. The average Bonchev–Trinajstić information content (AvgIpc) is 2.65. The van der Waals surface area contributed by atoms with E-state index in [0.29, 0.717) is 6.04 Å². The summed E-state index contributed by atoms with van der Waals surface area (Å²) in [6, 6.07) is 0.428. The van der Waals surface area contributed by atoms with Gasteiger partial charge in [-0.15, -0.1) is 0 Å². The molecular formula is C10H19NOS. The van der Waals surface area contributed by atoms with Crippen molar-refractivity contribution in [2.45, 2.75) is 26.3 Å². The fraction of sp³-hybridized carbons (Fsp3) is 0.800. The Labute approximate surface area is 85.1 Å². The molecule has 0 saturated heterocycles. The maximum Gasteiger partial charge on any atom is 0.110 e. The van der Waals surface area contributed by atoms with Crippen LogP contribution >= 0.6 is 11.8 Å². The van der Waals surface area contributed by atoms with Crippen LogP contribution in [0.1, 0.15) is 20.3 Å². The van der Waals surface area contributed by atoms with Crippen LogP contribution in [0.25, 0.3) is 0 Å². The summed E-state index contributed by atoms with van der Waals surface area (Å²) in [5.74, 6) is 3.45. The molecular weight excluding hydrogens is 182 g/mol. The summed E-state index contributed by atoms with van der Waals surface area (Å²) < 4.78 is 5.55. The highest BCUT2D eigenvalue weighted by Crippen LogP contribution is 2.16. The van der Waals surface area contributed by atoms with Crippen molar-refractivity contribution in [3.8, 4) is 0 Å². The Balaban J connectivity index is 2.36. The second-order valence-corrected chi connectivity index (χ2v) is 4.33. The number of likely N-dealkylation sites (N-methyl/N-ethyl adjacent to an activating group) is 1. The van der Waals surface area contributed by atoms with Gasteiger partial charge in [0.05, 0.1) is 12.6 Å². The highest BCUT2D eigenvalue weighted by molar-refractivity contribution is 7.99. The zero-order valence-electron chi connectivity index (χ0n) is 8.51. The second kappa shape index (κ2) is 6.33. The van der Waals surface area contributed by atoms with Crippen molar-refractivity contribution in [1.29, 1.82) is 0 Å². The van der Waals surface area contributed by atoms with Gasteiger partial charge >= 0.3 is 0 Å². The molecule has 0 fully saturated rings. The largest absolute Gasteiger partial charge is 0.496 e. The van der Waals surface area contributed by atoms with Crippen LogP contribution in [0.2, 0.25) is 0 Å². The SMILES string of the molecule is CCNC(CSCC)C1=CCCO1. The predicted molar refractivity (Wildman–Crippen MR) is 59.1 cm³/mol. The Morgan fingerprint density at radius 3 is 3.00 bits per heavy atom. The van der Waals surface area contributed by atoms with Gasteiger partial charge in [0.1, 0.15) is 5.76 Å². The first-order valence-electron chi connectivity index (χ1n) is 5.02. The first kappa shape index (κ1) is 10.9. The van der Waals surface area contributed by atoms with Crippen molar-refractivity contribution in [1.82, 2.24) is 5.32 Å². The minimum atomic E-state index is 0.428. The van der Waals surface area contributed by atoms with Crippen molar-refractivity contribution in [3.05, 3.63) is 11.8 Å². The molecule has 0 aromatic carbocycles. The van der Waals surface area contributed by atoms with Gasteiger partial charge in [-0.25, -0.2) is 0 Å². The third kappa shape index (κ3) is 3.61. The summed E-state index contributed by atoms with van der Waals surface area (Å²) in [4.78, 5) is 0. The summed E-state index contributed by atoms with van der Waals surface area (Å²) in [6.07, 6.45) is 3.29. The fourth-order valence-electron chi connectivity index (χ4n) is 1.40. The molecule has 1 rings (SSSR count). The van der Waals surface area contributed by atoms with E-state index < -0.39 is 0 Å². The van der Waals surface area contributed by atoms with Crippen LogP contribution in [0.4, 0.5) is 0 Å². The van der Waals surface area contributed by atoms with Crippen molar-refractivity contribution in [2.75, 3.05) is 24.7 Å². The zero-order chi connectivity index (χ0) is 9.52. The van der Waals surface area contributed by atoms with Crippen molar-refractivity contribution < 1.29 is 4.74 Å². The van der Waals surface area contributed by atoms with E-state index in [1.807, 2.05) is 11.8 Å². The lowest BCUT2D eigenvalue weighted by Crippen LogP contribution is -2.33. The molecule has 1 unspecified atom stereocenters.